The summed E-state index contributed by atoms with van der Waals surface area (Å²) >= 11 is 6.00. The van der Waals surface area contributed by atoms with Crippen molar-refractivity contribution in [1.82, 2.24) is 9.99 Å². The molecule has 10 heteroatoms. The number of anilines is 1. The molecule has 0 aliphatic heterocycles. The van der Waals surface area contributed by atoms with E-state index in [9.17, 15) is 17.6 Å². The first kappa shape index (κ1) is 26.1. The Morgan fingerprint density at radius 1 is 1.03 bits per heavy atom. The van der Waals surface area contributed by atoms with Crippen molar-refractivity contribution >= 4 is 39.4 Å². The number of rotatable bonds is 8. The lowest BCUT2D eigenvalue weighted by atomic mass is 10.2. The topological polar surface area (TPSA) is 83.8 Å². The molecule has 1 N–H and O–H groups in total. The summed E-state index contributed by atoms with van der Waals surface area (Å²) in [5.41, 5.74) is 5.64. The average molecular weight is 539 g/mol. The van der Waals surface area contributed by atoms with Crippen molar-refractivity contribution in [2.45, 2.75) is 18.7 Å². The van der Waals surface area contributed by atoms with Crippen LogP contribution in [0, 0.1) is 19.7 Å². The maximum atomic E-state index is 14.6. The number of para-hydroxylation sites is 1. The van der Waals surface area contributed by atoms with Gasteiger partial charge in [-0.2, -0.15) is 5.10 Å². The number of sulfonamides is 1. The molecule has 0 spiro atoms. The molecule has 4 aromatic rings. The van der Waals surface area contributed by atoms with Crippen molar-refractivity contribution in [2.24, 2.45) is 5.10 Å². The normalized spacial score (nSPS) is 11.6. The Hall–Kier alpha value is -3.95. The molecule has 4 rings (SSSR count). The molecule has 0 atom stereocenters. The molecule has 1 amide bonds. The van der Waals surface area contributed by atoms with Crippen LogP contribution in [0.1, 0.15) is 17.0 Å². The molecular weight excluding hydrogens is 515 g/mol. The van der Waals surface area contributed by atoms with Gasteiger partial charge in [-0.3, -0.25) is 9.10 Å². The lowest BCUT2D eigenvalue weighted by Gasteiger charge is -2.24. The fourth-order valence-electron chi connectivity index (χ4n) is 3.92. The number of hydrogen-bond acceptors (Lipinski definition) is 4. The molecule has 0 bridgehead atoms. The maximum absolute atomic E-state index is 14.6. The van der Waals surface area contributed by atoms with E-state index in [4.69, 9.17) is 11.6 Å². The van der Waals surface area contributed by atoms with Crippen LogP contribution in [0.4, 0.5) is 10.1 Å². The van der Waals surface area contributed by atoms with E-state index in [1.54, 1.807) is 30.3 Å². The number of nitrogens with zero attached hydrogens (tertiary/aromatic N) is 3. The first-order valence-electron chi connectivity index (χ1n) is 11.3. The van der Waals surface area contributed by atoms with E-state index in [-0.39, 0.29) is 10.6 Å². The Labute approximate surface area is 219 Å². The molecule has 0 fully saturated rings. The highest BCUT2D eigenvalue weighted by atomic mass is 35.5. The van der Waals surface area contributed by atoms with Crippen LogP contribution >= 0.6 is 11.6 Å². The molecule has 0 aliphatic rings. The van der Waals surface area contributed by atoms with Crippen LogP contribution in [0.15, 0.2) is 94.9 Å². The fraction of sp³-hybridized carbons (Fsp3) is 0.111. The molecule has 37 heavy (non-hydrogen) atoms. The molecule has 0 unspecified atom stereocenters. The molecule has 0 saturated carbocycles. The van der Waals surface area contributed by atoms with Gasteiger partial charge in [0.2, 0.25) is 0 Å². The number of amides is 1. The number of nitrogens with one attached hydrogen (secondary N) is 1. The average Bonchev–Trinajstić information content (AvgIpc) is 3.17. The van der Waals surface area contributed by atoms with E-state index < -0.39 is 28.3 Å². The number of carbonyl (C=O) groups is 1. The van der Waals surface area contributed by atoms with Gasteiger partial charge in [-0.15, -0.1) is 0 Å². The van der Waals surface area contributed by atoms with Crippen molar-refractivity contribution in [3.05, 3.63) is 113 Å². The second-order valence-corrected chi connectivity index (χ2v) is 10.5. The van der Waals surface area contributed by atoms with Crippen molar-refractivity contribution in [1.29, 1.82) is 0 Å². The maximum Gasteiger partial charge on any atom is 0.264 e. The minimum Gasteiger partial charge on any atom is -0.318 e. The van der Waals surface area contributed by atoms with Crippen LogP contribution in [0.2, 0.25) is 5.02 Å². The predicted octanol–water partition coefficient (Wildman–Crippen LogP) is 5.23. The zero-order valence-electron chi connectivity index (χ0n) is 20.1. The monoisotopic (exact) mass is 538 g/mol. The number of aromatic nitrogens is 1. The Morgan fingerprint density at radius 2 is 1.68 bits per heavy atom. The Kier molecular flexibility index (Phi) is 7.75. The van der Waals surface area contributed by atoms with E-state index in [0.717, 1.165) is 33.0 Å². The third kappa shape index (κ3) is 5.73. The molecule has 1 aromatic heterocycles. The molecule has 190 valence electrons. The summed E-state index contributed by atoms with van der Waals surface area (Å²) in [5, 5.41) is 4.65. The first-order chi connectivity index (χ1) is 17.7. The zero-order valence-corrected chi connectivity index (χ0v) is 21.7. The standard InChI is InChI=1S/C27H24ClFN4O3S/c1-19-16-21(20(2)33(19)23-14-12-22(28)13-15-23)17-30-31-27(34)18-32(26-11-7-6-10-25(26)29)37(35,36)24-8-4-3-5-9-24/h3-17H,18H2,1-2H3,(H,31,34)/b30-17-. The minimum absolute atomic E-state index is 0.0656. The smallest absolute Gasteiger partial charge is 0.264 e. The van der Waals surface area contributed by atoms with E-state index in [1.807, 2.05) is 36.6 Å². The number of halogens is 2. The largest absolute Gasteiger partial charge is 0.318 e. The molecule has 1 heterocycles. The van der Waals surface area contributed by atoms with Crippen molar-refractivity contribution in [2.75, 3.05) is 10.8 Å². The summed E-state index contributed by atoms with van der Waals surface area (Å²) in [6.45, 7) is 3.19. The van der Waals surface area contributed by atoms with Crippen LogP contribution in [-0.4, -0.2) is 31.7 Å². The van der Waals surface area contributed by atoms with E-state index in [0.29, 0.717) is 5.02 Å². The summed E-state index contributed by atoms with van der Waals surface area (Å²) in [6, 6.07) is 22.2. The molecule has 3 aromatic carbocycles. The molecule has 0 aliphatic carbocycles. The van der Waals surface area contributed by atoms with Gasteiger partial charge >= 0.3 is 0 Å². The van der Waals surface area contributed by atoms with Crippen molar-refractivity contribution < 1.29 is 17.6 Å². The Morgan fingerprint density at radius 3 is 2.35 bits per heavy atom. The summed E-state index contributed by atoms with van der Waals surface area (Å²) in [5.74, 6) is -1.50. The highest BCUT2D eigenvalue weighted by molar-refractivity contribution is 7.92. The fourth-order valence-corrected chi connectivity index (χ4v) is 5.49. The van der Waals surface area contributed by atoms with E-state index in [2.05, 4.69) is 10.5 Å². The summed E-state index contributed by atoms with van der Waals surface area (Å²) in [6.07, 6.45) is 1.48. The van der Waals surface area contributed by atoms with Gasteiger partial charge in [-0.25, -0.2) is 18.2 Å². The van der Waals surface area contributed by atoms with Crippen LogP contribution in [-0.2, 0) is 14.8 Å². The number of aryl methyl sites for hydroxylation is 1. The summed E-state index contributed by atoms with van der Waals surface area (Å²) in [4.78, 5) is 12.7. The lowest BCUT2D eigenvalue weighted by molar-refractivity contribution is -0.119. The van der Waals surface area contributed by atoms with Crippen LogP contribution in [0.5, 0.6) is 0 Å². The second-order valence-electron chi connectivity index (χ2n) is 8.21. The Balaban J connectivity index is 1.55. The molecule has 7 nitrogen and oxygen atoms in total. The van der Waals surface area contributed by atoms with E-state index >= 15 is 0 Å². The third-order valence-electron chi connectivity index (χ3n) is 5.69. The van der Waals surface area contributed by atoms with Gasteiger partial charge in [0.05, 0.1) is 16.8 Å². The van der Waals surface area contributed by atoms with Gasteiger partial charge in [0.25, 0.3) is 15.9 Å². The van der Waals surface area contributed by atoms with Gasteiger partial charge in [-0.1, -0.05) is 41.9 Å². The van der Waals surface area contributed by atoms with Crippen molar-refractivity contribution in [3.63, 3.8) is 0 Å². The number of benzene rings is 3. The number of carbonyl (C=O) groups excluding carboxylic acids is 1. The van der Waals surface area contributed by atoms with Gasteiger partial charge in [0.1, 0.15) is 12.4 Å². The molecule has 0 saturated heterocycles. The zero-order chi connectivity index (χ0) is 26.6. The predicted molar refractivity (Wildman–Crippen MR) is 143 cm³/mol. The highest BCUT2D eigenvalue weighted by Gasteiger charge is 2.29. The van der Waals surface area contributed by atoms with Gasteiger partial charge in [0, 0.05) is 27.7 Å². The SMILES string of the molecule is Cc1cc(/C=N\NC(=O)CN(c2ccccc2F)S(=O)(=O)c2ccccc2)c(C)n1-c1ccc(Cl)cc1. The second kappa shape index (κ2) is 11.0. The van der Waals surface area contributed by atoms with Crippen molar-refractivity contribution in [3.8, 4) is 5.69 Å². The van der Waals surface area contributed by atoms with Crippen LogP contribution < -0.4 is 9.73 Å². The summed E-state index contributed by atoms with van der Waals surface area (Å²) in [7, 11) is -4.22. The van der Waals surface area contributed by atoms with Gasteiger partial charge in [-0.05, 0) is 68.4 Å². The quantitative estimate of drug-likeness (QED) is 0.246. The third-order valence-corrected chi connectivity index (χ3v) is 7.71. The minimum atomic E-state index is -4.22. The number of hydrazone groups is 1. The summed E-state index contributed by atoms with van der Waals surface area (Å²) < 4.78 is 43.9. The van der Waals surface area contributed by atoms with Gasteiger partial charge in [0.15, 0.2) is 0 Å². The Bertz CT molecular complexity index is 1550. The first-order valence-corrected chi connectivity index (χ1v) is 13.1. The molecular formula is C27H24ClFN4O3S. The lowest BCUT2D eigenvalue weighted by Crippen LogP contribution is -2.40. The molecule has 0 radical (unpaired) electrons. The number of hydrogen-bond donors (Lipinski definition) is 1. The highest BCUT2D eigenvalue weighted by Crippen LogP contribution is 2.26. The van der Waals surface area contributed by atoms with Crippen LogP contribution in [0.3, 0.4) is 0 Å². The van der Waals surface area contributed by atoms with Crippen LogP contribution in [0.25, 0.3) is 5.69 Å². The van der Waals surface area contributed by atoms with E-state index in [1.165, 1.54) is 36.5 Å². The van der Waals surface area contributed by atoms with Gasteiger partial charge < -0.3 is 4.57 Å².